The lowest BCUT2D eigenvalue weighted by molar-refractivity contribution is -0.117. The molecule has 1 amide bonds. The van der Waals surface area contributed by atoms with Crippen LogP contribution in [0.2, 0.25) is 10.0 Å². The maximum absolute atomic E-state index is 12.2. The number of nitrogens with one attached hydrogen (secondary N) is 1. The zero-order valence-electron chi connectivity index (χ0n) is 13.8. The summed E-state index contributed by atoms with van der Waals surface area (Å²) < 4.78 is 3.28. The van der Waals surface area contributed by atoms with Crippen LogP contribution in [0.25, 0.3) is 0 Å². The molecule has 0 aliphatic carbocycles. The fraction of sp³-hybridized carbons (Fsp3) is 0.235. The molecule has 1 N–H and O–H groups in total. The van der Waals surface area contributed by atoms with Gasteiger partial charge in [-0.2, -0.15) is 10.2 Å². The number of rotatable bonds is 5. The Hall–Kier alpha value is -2.31. The summed E-state index contributed by atoms with van der Waals surface area (Å²) in [5.74, 6) is 0.0799. The van der Waals surface area contributed by atoms with Gasteiger partial charge < -0.3 is 5.32 Å². The summed E-state index contributed by atoms with van der Waals surface area (Å²) in [4.78, 5) is 12.2. The molecule has 130 valence electrons. The topological polar surface area (TPSA) is 64.7 Å². The molecule has 0 aliphatic rings. The van der Waals surface area contributed by atoms with Crippen LogP contribution >= 0.6 is 23.2 Å². The van der Waals surface area contributed by atoms with E-state index in [-0.39, 0.29) is 12.5 Å². The number of carbonyl (C=O) groups excluding carboxylic acids is 1. The van der Waals surface area contributed by atoms with Crippen molar-refractivity contribution in [1.82, 2.24) is 19.6 Å². The third-order valence-corrected chi connectivity index (χ3v) is 4.31. The van der Waals surface area contributed by atoms with Crippen molar-refractivity contribution in [2.45, 2.75) is 26.9 Å². The van der Waals surface area contributed by atoms with E-state index < -0.39 is 0 Å². The molecule has 25 heavy (non-hydrogen) atoms. The van der Waals surface area contributed by atoms with Gasteiger partial charge in [0.05, 0.1) is 12.2 Å². The smallest absolute Gasteiger partial charge is 0.247 e. The molecule has 0 fully saturated rings. The third kappa shape index (κ3) is 4.21. The number of hydrogen-bond acceptors (Lipinski definition) is 3. The van der Waals surface area contributed by atoms with Gasteiger partial charge >= 0.3 is 0 Å². The van der Waals surface area contributed by atoms with Crippen LogP contribution in [-0.4, -0.2) is 25.5 Å². The van der Waals surface area contributed by atoms with Gasteiger partial charge in [-0.1, -0.05) is 41.4 Å². The van der Waals surface area contributed by atoms with Crippen molar-refractivity contribution in [3.63, 3.8) is 0 Å². The van der Waals surface area contributed by atoms with Gasteiger partial charge in [0.1, 0.15) is 11.6 Å². The van der Waals surface area contributed by atoms with Crippen LogP contribution in [0.1, 0.15) is 17.0 Å². The number of amides is 1. The first-order chi connectivity index (χ1) is 11.9. The Morgan fingerprint density at radius 3 is 2.60 bits per heavy atom. The van der Waals surface area contributed by atoms with E-state index in [0.717, 1.165) is 17.0 Å². The summed E-state index contributed by atoms with van der Waals surface area (Å²) in [5, 5.41) is 12.3. The zero-order valence-corrected chi connectivity index (χ0v) is 15.3. The van der Waals surface area contributed by atoms with E-state index in [1.54, 1.807) is 15.6 Å². The lowest BCUT2D eigenvalue weighted by atomic mass is 10.2. The second-order valence-corrected chi connectivity index (χ2v) is 6.56. The quantitative estimate of drug-likeness (QED) is 0.737. The predicted octanol–water partition coefficient (Wildman–Crippen LogP) is 3.69. The molecule has 3 rings (SSSR count). The lowest BCUT2D eigenvalue weighted by Gasteiger charge is -2.05. The Labute approximate surface area is 155 Å². The molecule has 0 aliphatic heterocycles. The van der Waals surface area contributed by atoms with Crippen molar-refractivity contribution in [3.05, 3.63) is 63.5 Å². The van der Waals surface area contributed by atoms with Crippen molar-refractivity contribution in [3.8, 4) is 0 Å². The number of hydrogen-bond donors (Lipinski definition) is 1. The summed E-state index contributed by atoms with van der Waals surface area (Å²) in [7, 11) is 0. The molecular formula is C17H17Cl2N5O. The van der Waals surface area contributed by atoms with Gasteiger partial charge in [0.2, 0.25) is 5.91 Å². The van der Waals surface area contributed by atoms with Crippen molar-refractivity contribution in [1.29, 1.82) is 0 Å². The Morgan fingerprint density at radius 2 is 1.92 bits per heavy atom. The minimum Gasteiger partial charge on any atom is -0.306 e. The summed E-state index contributed by atoms with van der Waals surface area (Å²) in [6.07, 6.45) is 1.66. The first-order valence-corrected chi connectivity index (χ1v) is 8.45. The zero-order chi connectivity index (χ0) is 18.0. The molecule has 0 bridgehead atoms. The van der Waals surface area contributed by atoms with E-state index in [1.165, 1.54) is 0 Å². The fourth-order valence-electron chi connectivity index (χ4n) is 2.51. The highest BCUT2D eigenvalue weighted by molar-refractivity contribution is 6.33. The molecule has 2 aromatic heterocycles. The minimum absolute atomic E-state index is 0.105. The minimum atomic E-state index is -0.240. The highest BCUT2D eigenvalue weighted by atomic mass is 35.5. The van der Waals surface area contributed by atoms with Crippen molar-refractivity contribution >= 4 is 34.9 Å². The molecule has 8 heteroatoms. The number of anilines is 1. The van der Waals surface area contributed by atoms with Gasteiger partial charge in [-0.25, -0.2) is 0 Å². The normalized spacial score (nSPS) is 10.9. The monoisotopic (exact) mass is 377 g/mol. The third-order valence-electron chi connectivity index (χ3n) is 3.66. The van der Waals surface area contributed by atoms with Crippen molar-refractivity contribution in [2.75, 3.05) is 5.32 Å². The summed E-state index contributed by atoms with van der Waals surface area (Å²) >= 11 is 12.3. The largest absolute Gasteiger partial charge is 0.306 e. The van der Waals surface area contributed by atoms with Gasteiger partial charge in [0.25, 0.3) is 0 Å². The number of aryl methyl sites for hydroxylation is 2. The Balaban J connectivity index is 1.69. The second-order valence-electron chi connectivity index (χ2n) is 5.75. The fourth-order valence-corrected chi connectivity index (χ4v) is 2.90. The van der Waals surface area contributed by atoms with Crippen LogP contribution in [0.4, 0.5) is 5.82 Å². The maximum Gasteiger partial charge on any atom is 0.247 e. The van der Waals surface area contributed by atoms with E-state index in [4.69, 9.17) is 23.2 Å². The number of aromatic nitrogens is 4. The lowest BCUT2D eigenvalue weighted by Crippen LogP contribution is -2.21. The van der Waals surface area contributed by atoms with Crippen LogP contribution in [-0.2, 0) is 17.9 Å². The van der Waals surface area contributed by atoms with E-state index >= 15 is 0 Å². The second kappa shape index (κ2) is 7.29. The molecule has 1 aromatic carbocycles. The molecule has 2 heterocycles. The summed E-state index contributed by atoms with van der Waals surface area (Å²) in [5.41, 5.74) is 2.71. The van der Waals surface area contributed by atoms with E-state index in [0.29, 0.717) is 22.4 Å². The van der Waals surface area contributed by atoms with Gasteiger partial charge in [0.15, 0.2) is 5.82 Å². The average Bonchev–Trinajstić information content (AvgIpc) is 3.03. The van der Waals surface area contributed by atoms with Crippen LogP contribution in [0.15, 0.2) is 36.5 Å². The predicted molar refractivity (Wildman–Crippen MR) is 98.1 cm³/mol. The van der Waals surface area contributed by atoms with Crippen molar-refractivity contribution < 1.29 is 4.79 Å². The molecule has 0 spiro atoms. The summed E-state index contributed by atoms with van der Waals surface area (Å²) in [6.45, 7) is 4.35. The van der Waals surface area contributed by atoms with Gasteiger partial charge in [-0.15, -0.1) is 0 Å². The Kier molecular flexibility index (Phi) is 5.11. The number of benzene rings is 1. The van der Waals surface area contributed by atoms with Crippen LogP contribution < -0.4 is 5.32 Å². The van der Waals surface area contributed by atoms with E-state index in [9.17, 15) is 4.79 Å². The first-order valence-electron chi connectivity index (χ1n) is 7.69. The van der Waals surface area contributed by atoms with Gasteiger partial charge in [-0.3, -0.25) is 14.2 Å². The molecule has 3 aromatic rings. The van der Waals surface area contributed by atoms with Crippen LogP contribution in [0.3, 0.4) is 0 Å². The highest BCUT2D eigenvalue weighted by Crippen LogP contribution is 2.22. The molecule has 0 unspecified atom stereocenters. The highest BCUT2D eigenvalue weighted by Gasteiger charge is 2.13. The van der Waals surface area contributed by atoms with E-state index in [2.05, 4.69) is 15.5 Å². The van der Waals surface area contributed by atoms with Gasteiger partial charge in [-0.05, 0) is 31.5 Å². The molecule has 0 radical (unpaired) electrons. The molecule has 0 atom stereocenters. The molecule has 6 nitrogen and oxygen atoms in total. The number of carbonyl (C=O) groups is 1. The Morgan fingerprint density at radius 1 is 1.16 bits per heavy atom. The number of nitrogens with zero attached hydrogens (tertiary/aromatic N) is 4. The van der Waals surface area contributed by atoms with Gasteiger partial charge in [0, 0.05) is 16.9 Å². The van der Waals surface area contributed by atoms with Crippen LogP contribution in [0, 0.1) is 13.8 Å². The SMILES string of the molecule is Cc1cc(C)n(CC(=O)Nc2nn(Cc3ccccc3Cl)cc2Cl)n1. The Bertz CT molecular complexity index is 916. The molecule has 0 saturated heterocycles. The molecule has 0 saturated carbocycles. The standard InChI is InChI=1S/C17H17Cl2N5O/c1-11-7-12(2)24(21-11)10-16(25)20-17-15(19)9-23(22-17)8-13-5-3-4-6-14(13)18/h3-7,9H,8,10H2,1-2H3,(H,20,22,25). The summed E-state index contributed by atoms with van der Waals surface area (Å²) in [6, 6.07) is 9.42. The van der Waals surface area contributed by atoms with Crippen molar-refractivity contribution in [2.24, 2.45) is 0 Å². The van der Waals surface area contributed by atoms with E-state index in [1.807, 2.05) is 44.2 Å². The average molecular weight is 378 g/mol. The maximum atomic E-state index is 12.2. The van der Waals surface area contributed by atoms with Crippen LogP contribution in [0.5, 0.6) is 0 Å². The number of halogens is 2. The molecular weight excluding hydrogens is 361 g/mol. The first kappa shape index (κ1) is 17.5.